The SMILES string of the molecule is CCOC(=O)[C@H](C)NP(=O)(Cc1ccc2sc(C(=O)O)cc2c1)Oc1ccccc1. The summed E-state index contributed by atoms with van der Waals surface area (Å²) in [4.78, 5) is 23.5. The third-order valence-corrected chi connectivity index (χ3v) is 7.38. The lowest BCUT2D eigenvalue weighted by atomic mass is 10.2. The Bertz CT molecular complexity index is 1100. The number of carboxylic acid groups (broad SMARTS) is 1. The first-order valence-corrected chi connectivity index (χ1v) is 12.0. The number of carbonyl (C=O) groups is 2. The second kappa shape index (κ2) is 9.43. The largest absolute Gasteiger partial charge is 0.477 e. The van der Waals surface area contributed by atoms with Gasteiger partial charge in [0, 0.05) is 4.70 Å². The topological polar surface area (TPSA) is 102 Å². The molecule has 0 aliphatic rings. The van der Waals surface area contributed by atoms with Gasteiger partial charge < -0.3 is 14.4 Å². The van der Waals surface area contributed by atoms with Crippen LogP contribution in [0.25, 0.3) is 10.1 Å². The number of thiophene rings is 1. The minimum atomic E-state index is -3.55. The summed E-state index contributed by atoms with van der Waals surface area (Å²) in [6.45, 7) is 3.49. The maximum Gasteiger partial charge on any atom is 0.345 e. The first kappa shape index (κ1) is 22.0. The highest BCUT2D eigenvalue weighted by Gasteiger charge is 2.31. The fraction of sp³-hybridized carbons (Fsp3) is 0.238. The fourth-order valence-electron chi connectivity index (χ4n) is 2.91. The number of benzene rings is 2. The minimum absolute atomic E-state index is 0.0137. The highest BCUT2D eigenvalue weighted by atomic mass is 32.1. The van der Waals surface area contributed by atoms with Crippen molar-refractivity contribution >= 4 is 40.9 Å². The molecule has 0 aliphatic heterocycles. The third-order valence-electron chi connectivity index (χ3n) is 4.21. The van der Waals surface area contributed by atoms with E-state index in [1.54, 1.807) is 62.4 Å². The molecule has 7 nitrogen and oxygen atoms in total. The number of hydrogen-bond acceptors (Lipinski definition) is 6. The van der Waals surface area contributed by atoms with Gasteiger partial charge in [-0.25, -0.2) is 9.88 Å². The molecule has 1 aromatic heterocycles. The number of hydrogen-bond donors (Lipinski definition) is 2. The number of carbonyl (C=O) groups excluding carboxylic acids is 1. The van der Waals surface area contributed by atoms with E-state index in [2.05, 4.69) is 5.09 Å². The van der Waals surface area contributed by atoms with Crippen LogP contribution in [0.2, 0.25) is 0 Å². The van der Waals surface area contributed by atoms with E-state index < -0.39 is 25.5 Å². The molecule has 3 aromatic rings. The lowest BCUT2D eigenvalue weighted by Gasteiger charge is -2.23. The van der Waals surface area contributed by atoms with E-state index in [0.717, 1.165) is 10.1 Å². The number of esters is 1. The summed E-state index contributed by atoms with van der Waals surface area (Å²) in [5, 5.41) is 12.8. The summed E-state index contributed by atoms with van der Waals surface area (Å²) in [6.07, 6.45) is 0.0137. The number of aromatic carboxylic acids is 1. The molecule has 0 aliphatic carbocycles. The maximum absolute atomic E-state index is 13.7. The molecule has 30 heavy (non-hydrogen) atoms. The van der Waals surface area contributed by atoms with E-state index in [1.165, 1.54) is 11.3 Å². The summed E-state index contributed by atoms with van der Waals surface area (Å²) in [5.41, 5.74) is 0.695. The predicted octanol–water partition coefficient (Wildman–Crippen LogP) is 4.91. The molecule has 158 valence electrons. The van der Waals surface area contributed by atoms with Gasteiger partial charge in [-0.05, 0) is 55.1 Å². The van der Waals surface area contributed by atoms with Gasteiger partial charge in [-0.2, -0.15) is 0 Å². The van der Waals surface area contributed by atoms with Gasteiger partial charge in [0.05, 0.1) is 12.8 Å². The monoisotopic (exact) mass is 447 g/mol. The number of nitrogens with one attached hydrogen (secondary N) is 1. The molecular weight excluding hydrogens is 425 g/mol. The minimum Gasteiger partial charge on any atom is -0.477 e. The Balaban J connectivity index is 1.89. The van der Waals surface area contributed by atoms with E-state index in [1.807, 2.05) is 6.07 Å². The van der Waals surface area contributed by atoms with Crippen LogP contribution in [0.5, 0.6) is 5.75 Å². The normalized spacial score (nSPS) is 14.1. The number of carboxylic acids is 1. The van der Waals surface area contributed by atoms with Crippen LogP contribution in [-0.2, 0) is 20.3 Å². The molecule has 0 spiro atoms. The Morgan fingerprint density at radius 3 is 2.57 bits per heavy atom. The second-order valence-electron chi connectivity index (χ2n) is 6.63. The van der Waals surface area contributed by atoms with Gasteiger partial charge >= 0.3 is 19.5 Å². The van der Waals surface area contributed by atoms with E-state index in [-0.39, 0.29) is 17.6 Å². The van der Waals surface area contributed by atoms with Gasteiger partial charge in [-0.3, -0.25) is 9.36 Å². The molecule has 9 heteroatoms. The Hall–Kier alpha value is -2.67. The lowest BCUT2D eigenvalue weighted by molar-refractivity contribution is -0.144. The van der Waals surface area contributed by atoms with Gasteiger partial charge in [0.25, 0.3) is 0 Å². The van der Waals surface area contributed by atoms with Crippen LogP contribution in [0.15, 0.2) is 54.6 Å². The van der Waals surface area contributed by atoms with Crippen LogP contribution < -0.4 is 9.61 Å². The standard InChI is InChI=1S/C21H22NO6PS/c1-3-27-21(25)14(2)22-29(26,28-17-7-5-4-6-8-17)13-15-9-10-18-16(11-15)12-19(30-18)20(23)24/h4-12,14H,3,13H2,1-2H3,(H,22,26)(H,23,24)/t14-,29?/m0/s1. The molecule has 1 unspecified atom stereocenters. The van der Waals surface area contributed by atoms with Crippen LogP contribution in [0.3, 0.4) is 0 Å². The molecule has 3 rings (SSSR count). The zero-order valence-corrected chi connectivity index (χ0v) is 18.2. The van der Waals surface area contributed by atoms with Crippen molar-refractivity contribution in [1.82, 2.24) is 5.09 Å². The summed E-state index contributed by atoms with van der Waals surface area (Å²) >= 11 is 1.18. The Morgan fingerprint density at radius 1 is 1.17 bits per heavy atom. The predicted molar refractivity (Wildman–Crippen MR) is 116 cm³/mol. The highest BCUT2D eigenvalue weighted by Crippen LogP contribution is 2.47. The van der Waals surface area contributed by atoms with Gasteiger partial charge in [-0.15, -0.1) is 11.3 Å². The number of rotatable bonds is 9. The van der Waals surface area contributed by atoms with Crippen LogP contribution in [0.1, 0.15) is 29.1 Å². The van der Waals surface area contributed by atoms with E-state index >= 15 is 0 Å². The summed E-state index contributed by atoms with van der Waals surface area (Å²) in [5.74, 6) is -1.09. The molecule has 0 fully saturated rings. The number of para-hydroxylation sites is 1. The van der Waals surface area contributed by atoms with Crippen molar-refractivity contribution in [2.45, 2.75) is 26.1 Å². The first-order valence-electron chi connectivity index (χ1n) is 9.33. The summed E-state index contributed by atoms with van der Waals surface area (Å²) in [7, 11) is -3.55. The highest BCUT2D eigenvalue weighted by molar-refractivity contribution is 7.56. The molecule has 0 radical (unpaired) electrons. The van der Waals surface area contributed by atoms with Crippen molar-refractivity contribution < 1.29 is 28.5 Å². The quantitative estimate of drug-likeness (QED) is 0.355. The van der Waals surface area contributed by atoms with Crippen LogP contribution in [0, 0.1) is 0 Å². The van der Waals surface area contributed by atoms with Gasteiger partial charge in [0.15, 0.2) is 0 Å². The van der Waals surface area contributed by atoms with E-state index in [9.17, 15) is 19.3 Å². The van der Waals surface area contributed by atoms with Crippen LogP contribution in [0.4, 0.5) is 0 Å². The molecule has 0 saturated heterocycles. The Kier molecular flexibility index (Phi) is 6.92. The van der Waals surface area contributed by atoms with Crippen molar-refractivity contribution in [3.05, 3.63) is 65.0 Å². The first-order chi connectivity index (χ1) is 14.3. The van der Waals surface area contributed by atoms with Crippen LogP contribution in [-0.4, -0.2) is 29.7 Å². The van der Waals surface area contributed by atoms with E-state index in [4.69, 9.17) is 9.26 Å². The molecule has 0 amide bonds. The molecule has 1 heterocycles. The van der Waals surface area contributed by atoms with Gasteiger partial charge in [0.1, 0.15) is 16.7 Å². The molecule has 0 bridgehead atoms. The van der Waals surface area contributed by atoms with Crippen molar-refractivity contribution in [2.75, 3.05) is 6.61 Å². The van der Waals surface area contributed by atoms with E-state index in [0.29, 0.717) is 11.3 Å². The Labute approximate surface area is 178 Å². The summed E-state index contributed by atoms with van der Waals surface area (Å²) < 4.78 is 25.3. The Morgan fingerprint density at radius 2 is 1.90 bits per heavy atom. The average molecular weight is 447 g/mol. The fourth-order valence-corrected chi connectivity index (χ4v) is 5.83. The van der Waals surface area contributed by atoms with Crippen molar-refractivity contribution in [3.63, 3.8) is 0 Å². The third kappa shape index (κ3) is 5.48. The molecular formula is C21H22NO6PS. The zero-order valence-electron chi connectivity index (χ0n) is 16.5. The molecule has 2 N–H and O–H groups in total. The van der Waals surface area contributed by atoms with Gasteiger partial charge in [-0.1, -0.05) is 24.3 Å². The van der Waals surface area contributed by atoms with Gasteiger partial charge in [0.2, 0.25) is 0 Å². The molecule has 0 saturated carbocycles. The summed E-state index contributed by atoms with van der Waals surface area (Å²) in [6, 6.07) is 14.8. The molecule has 2 atom stereocenters. The molecule has 2 aromatic carbocycles. The van der Waals surface area contributed by atoms with Crippen molar-refractivity contribution in [2.24, 2.45) is 0 Å². The number of ether oxygens (including phenoxy) is 1. The van der Waals surface area contributed by atoms with Crippen LogP contribution >= 0.6 is 18.9 Å². The van der Waals surface area contributed by atoms with Crippen molar-refractivity contribution in [3.8, 4) is 5.75 Å². The van der Waals surface area contributed by atoms with Crippen molar-refractivity contribution in [1.29, 1.82) is 0 Å². The second-order valence-corrected chi connectivity index (χ2v) is 9.81. The zero-order chi connectivity index (χ0) is 21.7. The maximum atomic E-state index is 13.7. The lowest BCUT2D eigenvalue weighted by Crippen LogP contribution is -2.34. The average Bonchev–Trinajstić information content (AvgIpc) is 3.12. The number of fused-ring (bicyclic) bond motifs is 1. The smallest absolute Gasteiger partial charge is 0.345 e.